The van der Waals surface area contributed by atoms with Crippen molar-refractivity contribution in [1.29, 1.82) is 0 Å². The molecule has 1 saturated heterocycles. The fourth-order valence-corrected chi connectivity index (χ4v) is 5.42. The summed E-state index contributed by atoms with van der Waals surface area (Å²) in [5.41, 5.74) is 0.688. The number of pyridine rings is 1. The second-order valence-electron chi connectivity index (χ2n) is 6.97. The molecule has 0 spiro atoms. The van der Waals surface area contributed by atoms with Crippen molar-refractivity contribution in [1.82, 2.24) is 18.9 Å². The maximum absolute atomic E-state index is 13.0. The lowest BCUT2D eigenvalue weighted by molar-refractivity contribution is -0.385. The zero-order valence-electron chi connectivity index (χ0n) is 15.5. The van der Waals surface area contributed by atoms with Gasteiger partial charge >= 0.3 is 0 Å². The Hall–Kier alpha value is -2.56. The molecule has 1 aliphatic rings. The second kappa shape index (κ2) is 7.36. The molecular weight excluding hydrogens is 418 g/mol. The number of piperidine rings is 1. The molecule has 0 radical (unpaired) electrons. The monoisotopic (exact) mass is 435 g/mol. The zero-order valence-corrected chi connectivity index (χ0v) is 17.1. The van der Waals surface area contributed by atoms with Crippen LogP contribution in [0.15, 0.2) is 41.4 Å². The van der Waals surface area contributed by atoms with E-state index in [1.54, 1.807) is 0 Å². The van der Waals surface area contributed by atoms with Crippen LogP contribution in [0.5, 0.6) is 0 Å². The molecule has 0 aliphatic carbocycles. The topological polar surface area (TPSA) is 111 Å². The Morgan fingerprint density at radius 2 is 1.93 bits per heavy atom. The summed E-state index contributed by atoms with van der Waals surface area (Å²) in [4.78, 5) is 10.5. The number of nitro benzene ring substituents is 1. The number of nitrogens with zero attached hydrogens (tertiary/aromatic N) is 5. The lowest BCUT2D eigenvalue weighted by atomic mass is 9.97. The summed E-state index contributed by atoms with van der Waals surface area (Å²) >= 11 is 6.05. The molecular formula is C18H18ClN5O4S. The van der Waals surface area contributed by atoms with Gasteiger partial charge in [0.1, 0.15) is 5.82 Å². The van der Waals surface area contributed by atoms with Crippen molar-refractivity contribution in [2.45, 2.75) is 30.6 Å². The van der Waals surface area contributed by atoms with Crippen molar-refractivity contribution >= 4 is 33.0 Å². The molecule has 152 valence electrons. The third kappa shape index (κ3) is 3.47. The van der Waals surface area contributed by atoms with Gasteiger partial charge in [-0.25, -0.2) is 8.42 Å². The highest BCUT2D eigenvalue weighted by Gasteiger charge is 2.33. The van der Waals surface area contributed by atoms with E-state index in [1.165, 1.54) is 17.3 Å². The van der Waals surface area contributed by atoms with Gasteiger partial charge in [0.2, 0.25) is 10.0 Å². The van der Waals surface area contributed by atoms with Crippen LogP contribution in [0.1, 0.15) is 30.1 Å². The van der Waals surface area contributed by atoms with Gasteiger partial charge in [-0.15, -0.1) is 10.2 Å². The number of aromatic nitrogens is 3. The third-order valence-electron chi connectivity index (χ3n) is 5.28. The fourth-order valence-electron chi connectivity index (χ4n) is 3.62. The third-order valence-corrected chi connectivity index (χ3v) is 7.55. The highest BCUT2D eigenvalue weighted by molar-refractivity contribution is 7.89. The number of hydrogen-bond donors (Lipinski definition) is 0. The highest BCUT2D eigenvalue weighted by Crippen LogP contribution is 2.34. The fraction of sp³-hybridized carbons (Fsp3) is 0.333. The molecule has 9 nitrogen and oxygen atoms in total. The molecule has 2 aromatic heterocycles. The standard InChI is InChI=1S/C18H18ClN5O4S/c1-12-15(19)10-14(11-16(12)24(25)26)29(27,28)22-8-5-13(6-9-22)18-21-20-17-4-2-3-7-23(17)18/h2-4,7,10-11,13H,5-6,8-9H2,1H3. The minimum absolute atomic E-state index is 0.0580. The number of fused-ring (bicyclic) bond motifs is 1. The summed E-state index contributed by atoms with van der Waals surface area (Å²) < 4.78 is 29.3. The van der Waals surface area contributed by atoms with Crippen LogP contribution in [0.4, 0.5) is 5.69 Å². The normalized spacial score (nSPS) is 16.3. The highest BCUT2D eigenvalue weighted by atomic mass is 35.5. The summed E-state index contributed by atoms with van der Waals surface area (Å²) in [7, 11) is -3.89. The van der Waals surface area contributed by atoms with Crippen LogP contribution in [-0.4, -0.2) is 45.3 Å². The first-order valence-corrected chi connectivity index (χ1v) is 10.8. The van der Waals surface area contributed by atoms with Crippen LogP contribution in [0.2, 0.25) is 5.02 Å². The molecule has 29 heavy (non-hydrogen) atoms. The summed E-state index contributed by atoms with van der Waals surface area (Å²) in [5.74, 6) is 0.890. The summed E-state index contributed by atoms with van der Waals surface area (Å²) in [6.45, 7) is 2.06. The molecule has 0 amide bonds. The summed E-state index contributed by atoms with van der Waals surface area (Å²) in [5, 5.41) is 19.7. The van der Waals surface area contributed by atoms with Crippen LogP contribution in [0.25, 0.3) is 5.65 Å². The van der Waals surface area contributed by atoms with Gasteiger partial charge in [-0.2, -0.15) is 4.31 Å². The van der Waals surface area contributed by atoms with E-state index in [4.69, 9.17) is 11.6 Å². The second-order valence-corrected chi connectivity index (χ2v) is 9.32. The van der Waals surface area contributed by atoms with Crippen molar-refractivity contribution in [3.05, 3.63) is 63.1 Å². The lowest BCUT2D eigenvalue weighted by Crippen LogP contribution is -2.38. The van der Waals surface area contributed by atoms with Gasteiger partial charge < -0.3 is 0 Å². The number of nitro groups is 1. The Bertz CT molecular complexity index is 1200. The minimum Gasteiger partial charge on any atom is -0.286 e. The van der Waals surface area contributed by atoms with E-state index in [2.05, 4.69) is 10.2 Å². The van der Waals surface area contributed by atoms with Crippen molar-refractivity contribution in [2.75, 3.05) is 13.1 Å². The maximum atomic E-state index is 13.0. The van der Waals surface area contributed by atoms with E-state index in [0.717, 1.165) is 17.5 Å². The molecule has 11 heteroatoms. The van der Waals surface area contributed by atoms with E-state index >= 15 is 0 Å². The van der Waals surface area contributed by atoms with E-state index in [0.29, 0.717) is 12.8 Å². The van der Waals surface area contributed by atoms with Crippen molar-refractivity contribution in [2.24, 2.45) is 0 Å². The van der Waals surface area contributed by atoms with Crippen molar-refractivity contribution in [3.8, 4) is 0 Å². The van der Waals surface area contributed by atoms with E-state index in [9.17, 15) is 18.5 Å². The molecule has 0 saturated carbocycles. The molecule has 0 unspecified atom stereocenters. The molecule has 0 bridgehead atoms. The van der Waals surface area contributed by atoms with Crippen LogP contribution in [-0.2, 0) is 10.0 Å². The van der Waals surface area contributed by atoms with Crippen LogP contribution in [0, 0.1) is 17.0 Å². The van der Waals surface area contributed by atoms with Gasteiger partial charge in [0.05, 0.1) is 14.8 Å². The van der Waals surface area contributed by atoms with Gasteiger partial charge in [0, 0.05) is 36.8 Å². The lowest BCUT2D eigenvalue weighted by Gasteiger charge is -2.30. The smallest absolute Gasteiger partial charge is 0.275 e. The predicted molar refractivity (Wildman–Crippen MR) is 107 cm³/mol. The van der Waals surface area contributed by atoms with Gasteiger partial charge in [-0.05, 0) is 38.0 Å². The molecule has 0 atom stereocenters. The quantitative estimate of drug-likeness (QED) is 0.459. The Balaban J connectivity index is 1.57. The molecule has 1 fully saturated rings. The number of benzene rings is 1. The Kier molecular flexibility index (Phi) is 5.01. The first kappa shape index (κ1) is 19.7. The molecule has 3 heterocycles. The van der Waals surface area contributed by atoms with E-state index in [-0.39, 0.29) is 40.2 Å². The van der Waals surface area contributed by atoms with Crippen LogP contribution >= 0.6 is 11.6 Å². The molecule has 4 rings (SSSR count). The number of rotatable bonds is 4. The molecule has 3 aromatic rings. The van der Waals surface area contributed by atoms with E-state index < -0.39 is 14.9 Å². The zero-order chi connectivity index (χ0) is 20.8. The predicted octanol–water partition coefficient (Wildman–Crippen LogP) is 3.17. The minimum atomic E-state index is -3.89. The van der Waals surface area contributed by atoms with Crippen molar-refractivity contribution < 1.29 is 13.3 Å². The molecule has 0 N–H and O–H groups in total. The number of hydrogen-bond acceptors (Lipinski definition) is 6. The maximum Gasteiger partial charge on any atom is 0.275 e. The van der Waals surface area contributed by atoms with Crippen LogP contribution < -0.4 is 0 Å². The largest absolute Gasteiger partial charge is 0.286 e. The number of halogens is 1. The van der Waals surface area contributed by atoms with Gasteiger partial charge in [0.25, 0.3) is 5.69 Å². The molecule has 1 aliphatic heterocycles. The average molecular weight is 436 g/mol. The average Bonchev–Trinajstić information content (AvgIpc) is 3.14. The Morgan fingerprint density at radius 3 is 2.62 bits per heavy atom. The molecule has 1 aromatic carbocycles. The van der Waals surface area contributed by atoms with Gasteiger partial charge in [-0.3, -0.25) is 14.5 Å². The van der Waals surface area contributed by atoms with E-state index in [1.807, 2.05) is 28.8 Å². The Morgan fingerprint density at radius 1 is 1.21 bits per heavy atom. The number of sulfonamides is 1. The van der Waals surface area contributed by atoms with Gasteiger partial charge in [-0.1, -0.05) is 17.7 Å². The first-order valence-electron chi connectivity index (χ1n) is 9.03. The Labute approximate surface area is 172 Å². The first-order chi connectivity index (χ1) is 13.8. The van der Waals surface area contributed by atoms with Crippen molar-refractivity contribution in [3.63, 3.8) is 0 Å². The van der Waals surface area contributed by atoms with Crippen LogP contribution in [0.3, 0.4) is 0 Å². The van der Waals surface area contributed by atoms with Gasteiger partial charge in [0.15, 0.2) is 5.65 Å². The summed E-state index contributed by atoms with van der Waals surface area (Å²) in [6.07, 6.45) is 3.05. The SMILES string of the molecule is Cc1c(Cl)cc(S(=O)(=O)N2CCC(c3nnc4ccccn34)CC2)cc1[N+](=O)[O-]. The summed E-state index contributed by atoms with van der Waals surface area (Å²) in [6, 6.07) is 8.00.